The van der Waals surface area contributed by atoms with Crippen molar-refractivity contribution >= 4 is 27.1 Å². The van der Waals surface area contributed by atoms with Crippen molar-refractivity contribution in [1.29, 1.82) is 0 Å². The van der Waals surface area contributed by atoms with Crippen molar-refractivity contribution in [2.75, 3.05) is 7.11 Å². The molecule has 3 aromatic rings. The zero-order valence-corrected chi connectivity index (χ0v) is 15.9. The SMILES string of the molecule is COC(=O)c1cccc(-c2nc(CS(=O)(=O)c3ccccc3C)cs2)c1. The first kappa shape index (κ1) is 18.3. The number of carbonyl (C=O) groups excluding carboxylic acids is 1. The molecule has 0 spiro atoms. The van der Waals surface area contributed by atoms with Gasteiger partial charge in [-0.15, -0.1) is 11.3 Å². The largest absolute Gasteiger partial charge is 0.465 e. The molecule has 7 heteroatoms. The van der Waals surface area contributed by atoms with Gasteiger partial charge in [0, 0.05) is 10.9 Å². The number of hydrogen-bond donors (Lipinski definition) is 0. The topological polar surface area (TPSA) is 73.3 Å². The molecule has 0 aliphatic rings. The Kier molecular flexibility index (Phi) is 5.20. The number of sulfone groups is 1. The van der Waals surface area contributed by atoms with E-state index in [-0.39, 0.29) is 5.75 Å². The zero-order chi connectivity index (χ0) is 18.7. The van der Waals surface area contributed by atoms with Crippen LogP contribution >= 0.6 is 11.3 Å². The van der Waals surface area contributed by atoms with Gasteiger partial charge in [0.15, 0.2) is 9.84 Å². The maximum absolute atomic E-state index is 12.7. The molecule has 5 nitrogen and oxygen atoms in total. The lowest BCUT2D eigenvalue weighted by atomic mass is 10.1. The molecule has 0 bridgehead atoms. The minimum absolute atomic E-state index is 0.162. The Hall–Kier alpha value is -2.51. The van der Waals surface area contributed by atoms with Gasteiger partial charge in [0.2, 0.25) is 0 Å². The molecule has 134 valence electrons. The summed E-state index contributed by atoms with van der Waals surface area (Å²) in [4.78, 5) is 16.4. The van der Waals surface area contributed by atoms with Crippen LogP contribution in [-0.4, -0.2) is 26.5 Å². The highest BCUT2D eigenvalue weighted by molar-refractivity contribution is 7.90. The lowest BCUT2D eigenvalue weighted by Crippen LogP contribution is -2.07. The van der Waals surface area contributed by atoms with Gasteiger partial charge in [0.05, 0.1) is 29.0 Å². The van der Waals surface area contributed by atoms with Crippen molar-refractivity contribution in [3.63, 3.8) is 0 Å². The summed E-state index contributed by atoms with van der Waals surface area (Å²) in [6.45, 7) is 1.78. The van der Waals surface area contributed by atoms with Gasteiger partial charge in [0.1, 0.15) is 5.01 Å². The Balaban J connectivity index is 1.87. The maximum Gasteiger partial charge on any atom is 0.337 e. The molecule has 0 aliphatic carbocycles. The molecule has 0 saturated heterocycles. The fourth-order valence-corrected chi connectivity index (χ4v) is 5.04. The highest BCUT2D eigenvalue weighted by atomic mass is 32.2. The summed E-state index contributed by atoms with van der Waals surface area (Å²) in [6, 6.07) is 13.8. The van der Waals surface area contributed by atoms with Crippen molar-refractivity contribution in [1.82, 2.24) is 4.98 Å². The van der Waals surface area contributed by atoms with Crippen LogP contribution in [-0.2, 0) is 20.3 Å². The van der Waals surface area contributed by atoms with Crippen LogP contribution in [0.25, 0.3) is 10.6 Å². The van der Waals surface area contributed by atoms with E-state index in [1.165, 1.54) is 18.4 Å². The van der Waals surface area contributed by atoms with Crippen molar-refractivity contribution in [2.24, 2.45) is 0 Å². The second-order valence-electron chi connectivity index (χ2n) is 5.74. The van der Waals surface area contributed by atoms with Gasteiger partial charge in [-0.1, -0.05) is 30.3 Å². The van der Waals surface area contributed by atoms with Crippen LogP contribution in [0.1, 0.15) is 21.6 Å². The molecule has 0 N–H and O–H groups in total. The Morgan fingerprint density at radius 1 is 1.15 bits per heavy atom. The number of nitrogens with zero attached hydrogens (tertiary/aromatic N) is 1. The molecular formula is C19H17NO4S2. The van der Waals surface area contributed by atoms with Gasteiger partial charge in [-0.25, -0.2) is 18.2 Å². The number of aryl methyl sites for hydroxylation is 1. The van der Waals surface area contributed by atoms with E-state index in [0.29, 0.717) is 26.7 Å². The summed E-state index contributed by atoms with van der Waals surface area (Å²) in [6.07, 6.45) is 0. The first-order valence-electron chi connectivity index (χ1n) is 7.82. The van der Waals surface area contributed by atoms with Crippen LogP contribution in [0.15, 0.2) is 58.8 Å². The molecule has 0 saturated carbocycles. The van der Waals surface area contributed by atoms with E-state index in [9.17, 15) is 13.2 Å². The number of esters is 1. The molecule has 0 aliphatic heterocycles. The monoisotopic (exact) mass is 387 g/mol. The first-order chi connectivity index (χ1) is 12.4. The van der Waals surface area contributed by atoms with E-state index < -0.39 is 15.8 Å². The van der Waals surface area contributed by atoms with E-state index in [4.69, 9.17) is 4.74 Å². The van der Waals surface area contributed by atoms with Gasteiger partial charge in [-0.05, 0) is 30.7 Å². The van der Waals surface area contributed by atoms with Gasteiger partial charge < -0.3 is 4.74 Å². The van der Waals surface area contributed by atoms with Crippen LogP contribution in [0.2, 0.25) is 0 Å². The molecule has 0 atom stereocenters. The summed E-state index contributed by atoms with van der Waals surface area (Å²) in [5.41, 5.74) is 2.37. The van der Waals surface area contributed by atoms with Gasteiger partial charge in [-0.3, -0.25) is 0 Å². The summed E-state index contributed by atoms with van der Waals surface area (Å²) in [7, 11) is -2.14. The second-order valence-corrected chi connectivity index (χ2v) is 8.56. The van der Waals surface area contributed by atoms with Crippen LogP contribution in [0, 0.1) is 6.92 Å². The predicted molar refractivity (Wildman–Crippen MR) is 101 cm³/mol. The molecule has 0 radical (unpaired) electrons. The normalized spacial score (nSPS) is 11.3. The van der Waals surface area contributed by atoms with E-state index in [1.807, 2.05) is 12.1 Å². The number of thiazole rings is 1. The van der Waals surface area contributed by atoms with Crippen molar-refractivity contribution in [3.8, 4) is 10.6 Å². The van der Waals surface area contributed by atoms with Crippen LogP contribution < -0.4 is 0 Å². The van der Waals surface area contributed by atoms with Crippen molar-refractivity contribution < 1.29 is 17.9 Å². The van der Waals surface area contributed by atoms with Crippen molar-refractivity contribution in [3.05, 3.63) is 70.7 Å². The Bertz CT molecular complexity index is 1050. The molecule has 0 unspecified atom stereocenters. The number of carbonyl (C=O) groups is 1. The minimum atomic E-state index is -3.47. The number of aromatic nitrogens is 1. The van der Waals surface area contributed by atoms with Crippen molar-refractivity contribution in [2.45, 2.75) is 17.6 Å². The summed E-state index contributed by atoms with van der Waals surface area (Å²) in [5, 5.41) is 2.39. The molecule has 1 heterocycles. The Labute approximate surface area is 156 Å². The third kappa shape index (κ3) is 3.84. The summed E-state index contributed by atoms with van der Waals surface area (Å²) >= 11 is 1.34. The maximum atomic E-state index is 12.7. The highest BCUT2D eigenvalue weighted by Gasteiger charge is 2.19. The van der Waals surface area contributed by atoms with E-state index in [2.05, 4.69) is 4.98 Å². The molecular weight excluding hydrogens is 370 g/mol. The third-order valence-corrected chi connectivity index (χ3v) is 6.59. The molecule has 1 aromatic heterocycles. The number of methoxy groups -OCH3 is 1. The Morgan fingerprint density at radius 2 is 1.92 bits per heavy atom. The number of ether oxygens (including phenoxy) is 1. The van der Waals surface area contributed by atoms with Crippen LogP contribution in [0.5, 0.6) is 0 Å². The fourth-order valence-electron chi connectivity index (χ4n) is 2.58. The Morgan fingerprint density at radius 3 is 2.65 bits per heavy atom. The van der Waals surface area contributed by atoms with E-state index in [0.717, 1.165) is 5.56 Å². The van der Waals surface area contributed by atoms with Gasteiger partial charge >= 0.3 is 5.97 Å². The van der Waals surface area contributed by atoms with Gasteiger partial charge in [0.25, 0.3) is 0 Å². The third-order valence-electron chi connectivity index (χ3n) is 3.85. The lowest BCUT2D eigenvalue weighted by Gasteiger charge is -2.05. The molecule has 0 amide bonds. The molecule has 0 fully saturated rings. The summed E-state index contributed by atoms with van der Waals surface area (Å²) < 4.78 is 30.0. The van der Waals surface area contributed by atoms with Gasteiger partial charge in [-0.2, -0.15) is 0 Å². The van der Waals surface area contributed by atoms with Crippen LogP contribution in [0.4, 0.5) is 0 Å². The average molecular weight is 387 g/mol. The second kappa shape index (κ2) is 7.39. The number of hydrogen-bond acceptors (Lipinski definition) is 6. The fraction of sp³-hybridized carbons (Fsp3) is 0.158. The lowest BCUT2D eigenvalue weighted by molar-refractivity contribution is 0.0601. The molecule has 2 aromatic carbocycles. The average Bonchev–Trinajstić information content (AvgIpc) is 3.09. The number of rotatable bonds is 5. The van der Waals surface area contributed by atoms with E-state index >= 15 is 0 Å². The molecule has 3 rings (SSSR count). The smallest absolute Gasteiger partial charge is 0.337 e. The predicted octanol–water partition coefficient (Wildman–Crippen LogP) is 3.88. The standard InChI is InChI=1S/C19H17NO4S2/c1-13-6-3-4-9-17(13)26(22,23)12-16-11-25-18(20-16)14-7-5-8-15(10-14)19(21)24-2/h3-11H,12H2,1-2H3. The molecule has 26 heavy (non-hydrogen) atoms. The number of benzene rings is 2. The first-order valence-corrected chi connectivity index (χ1v) is 10.4. The zero-order valence-electron chi connectivity index (χ0n) is 14.3. The highest BCUT2D eigenvalue weighted by Crippen LogP contribution is 2.27. The minimum Gasteiger partial charge on any atom is -0.465 e. The summed E-state index contributed by atoms with van der Waals surface area (Å²) in [5.74, 6) is -0.587. The quantitative estimate of drug-likeness (QED) is 0.621. The van der Waals surface area contributed by atoms with Crippen LogP contribution in [0.3, 0.4) is 0 Å². The van der Waals surface area contributed by atoms with E-state index in [1.54, 1.807) is 48.7 Å².